The zero-order valence-corrected chi connectivity index (χ0v) is 17.6. The van der Waals surface area contributed by atoms with Crippen molar-refractivity contribution in [3.8, 4) is 11.3 Å². The molecular weight excluding hydrogens is 366 g/mol. The minimum atomic E-state index is 0.925. The van der Waals surface area contributed by atoms with E-state index in [9.17, 15) is 0 Å². The predicted molar refractivity (Wildman–Crippen MR) is 127 cm³/mol. The number of hydrogen-bond donors (Lipinski definition) is 0. The highest BCUT2D eigenvalue weighted by Crippen LogP contribution is 2.43. The predicted octanol–water partition coefficient (Wildman–Crippen LogP) is 7.22. The molecule has 0 aliphatic heterocycles. The van der Waals surface area contributed by atoms with Crippen molar-refractivity contribution in [2.45, 2.75) is 13.8 Å². The van der Waals surface area contributed by atoms with E-state index in [-0.39, 0.29) is 0 Å². The van der Waals surface area contributed by atoms with E-state index >= 15 is 0 Å². The lowest BCUT2D eigenvalue weighted by molar-refractivity contribution is -0.660. The molecule has 5 aromatic rings. The molecule has 0 aliphatic rings. The number of pyridine rings is 1. The Balaban J connectivity index is 2.05. The van der Waals surface area contributed by atoms with Gasteiger partial charge in [-0.25, -0.2) is 4.57 Å². The van der Waals surface area contributed by atoms with Gasteiger partial charge in [0.15, 0.2) is 6.20 Å². The first-order valence-corrected chi connectivity index (χ1v) is 10.3. The maximum atomic E-state index is 6.68. The van der Waals surface area contributed by atoms with Crippen LogP contribution >= 0.6 is 0 Å². The molecule has 0 aliphatic carbocycles. The molecule has 2 heteroatoms. The summed E-state index contributed by atoms with van der Waals surface area (Å²) in [4.78, 5) is 0. The van der Waals surface area contributed by atoms with Crippen LogP contribution in [-0.2, 0) is 7.05 Å². The average molecular weight is 391 g/mol. The topological polar surface area (TPSA) is 17.0 Å². The minimum absolute atomic E-state index is 0.925. The first-order valence-electron chi connectivity index (χ1n) is 10.3. The highest BCUT2D eigenvalue weighted by molar-refractivity contribution is 6.22. The second-order valence-corrected chi connectivity index (χ2v) is 7.71. The van der Waals surface area contributed by atoms with E-state index in [1.807, 2.05) is 12.1 Å². The molecule has 0 saturated heterocycles. The fourth-order valence-corrected chi connectivity index (χ4v) is 4.57. The molecule has 5 rings (SSSR count). The van der Waals surface area contributed by atoms with Crippen LogP contribution in [0.25, 0.3) is 56.1 Å². The second kappa shape index (κ2) is 7.00. The van der Waals surface area contributed by atoms with E-state index in [1.54, 1.807) is 0 Å². The molecule has 0 radical (unpaired) electrons. The number of rotatable bonds is 3. The van der Waals surface area contributed by atoms with Gasteiger partial charge < -0.3 is 4.42 Å². The molecule has 3 aromatic carbocycles. The molecule has 0 atom stereocenters. The number of aromatic nitrogens is 1. The van der Waals surface area contributed by atoms with Crippen LogP contribution in [0.3, 0.4) is 0 Å². The highest BCUT2D eigenvalue weighted by atomic mass is 16.3. The number of benzene rings is 3. The third-order valence-electron chi connectivity index (χ3n) is 5.94. The van der Waals surface area contributed by atoms with Gasteiger partial charge in [-0.05, 0) is 42.0 Å². The molecule has 2 heterocycles. The van der Waals surface area contributed by atoms with Gasteiger partial charge in [0.25, 0.3) is 0 Å². The van der Waals surface area contributed by atoms with Gasteiger partial charge in [0.05, 0.1) is 5.56 Å². The van der Waals surface area contributed by atoms with Crippen LogP contribution in [0.1, 0.15) is 23.6 Å². The Labute approximate surface area is 176 Å². The van der Waals surface area contributed by atoms with Crippen molar-refractivity contribution in [1.29, 1.82) is 0 Å². The van der Waals surface area contributed by atoms with Crippen LogP contribution in [0.2, 0.25) is 0 Å². The van der Waals surface area contributed by atoms with Gasteiger partial charge in [0.1, 0.15) is 18.2 Å². The number of hydrogen-bond acceptors (Lipinski definition) is 1. The van der Waals surface area contributed by atoms with E-state index in [0.717, 1.165) is 44.1 Å². The summed E-state index contributed by atoms with van der Waals surface area (Å²) in [6.07, 6.45) is 8.29. The van der Waals surface area contributed by atoms with Gasteiger partial charge >= 0.3 is 0 Å². The molecule has 146 valence electrons. The lowest BCUT2D eigenvalue weighted by Crippen LogP contribution is -2.30. The zero-order valence-electron chi connectivity index (χ0n) is 17.6. The summed E-state index contributed by atoms with van der Waals surface area (Å²) in [5.74, 6) is 0. The van der Waals surface area contributed by atoms with Crippen molar-refractivity contribution in [1.82, 2.24) is 0 Å². The summed E-state index contributed by atoms with van der Waals surface area (Å²) in [5, 5.41) is 4.57. The summed E-state index contributed by atoms with van der Waals surface area (Å²) < 4.78 is 8.82. The van der Waals surface area contributed by atoms with Crippen molar-refractivity contribution in [2.75, 3.05) is 0 Å². The number of allylic oxidation sites excluding steroid dienone is 1. The lowest BCUT2D eigenvalue weighted by atomic mass is 9.92. The largest absolute Gasteiger partial charge is 0.454 e. The maximum Gasteiger partial charge on any atom is 0.216 e. The third kappa shape index (κ3) is 2.54. The SMILES string of the molecule is C=Cc1c(/C=C\C)c2ccccc2c2oc3c(-c4cccc[n+]4C)c(C)ccc3c12. The average Bonchev–Trinajstić information content (AvgIpc) is 3.14. The molecule has 0 spiro atoms. The summed E-state index contributed by atoms with van der Waals surface area (Å²) in [7, 11) is 2.07. The van der Waals surface area contributed by atoms with Gasteiger partial charge in [-0.15, -0.1) is 0 Å². The van der Waals surface area contributed by atoms with Gasteiger partial charge in [-0.2, -0.15) is 0 Å². The van der Waals surface area contributed by atoms with Crippen molar-refractivity contribution < 1.29 is 8.98 Å². The van der Waals surface area contributed by atoms with E-state index in [4.69, 9.17) is 4.42 Å². The monoisotopic (exact) mass is 390 g/mol. The second-order valence-electron chi connectivity index (χ2n) is 7.71. The molecular formula is C28H24NO+. The summed E-state index contributed by atoms with van der Waals surface area (Å²) in [6.45, 7) is 8.35. The Morgan fingerprint density at radius 1 is 0.867 bits per heavy atom. The Bertz CT molecular complexity index is 1480. The third-order valence-corrected chi connectivity index (χ3v) is 5.94. The molecule has 2 aromatic heterocycles. The van der Waals surface area contributed by atoms with Gasteiger partial charge in [-0.3, -0.25) is 0 Å². The molecule has 0 N–H and O–H groups in total. The molecule has 30 heavy (non-hydrogen) atoms. The highest BCUT2D eigenvalue weighted by Gasteiger charge is 2.23. The normalized spacial score (nSPS) is 11.8. The Morgan fingerprint density at radius 3 is 2.37 bits per heavy atom. The molecule has 0 fully saturated rings. The van der Waals surface area contributed by atoms with Crippen LogP contribution in [0.15, 0.2) is 77.9 Å². The van der Waals surface area contributed by atoms with Crippen molar-refractivity contribution >= 4 is 44.9 Å². The van der Waals surface area contributed by atoms with Crippen molar-refractivity contribution in [2.24, 2.45) is 7.05 Å². The molecule has 2 nitrogen and oxygen atoms in total. The zero-order chi connectivity index (χ0) is 20.8. The van der Waals surface area contributed by atoms with E-state index in [2.05, 4.69) is 98.9 Å². The van der Waals surface area contributed by atoms with Gasteiger partial charge in [-0.1, -0.05) is 61.2 Å². The number of furan rings is 1. The maximum absolute atomic E-state index is 6.68. The number of fused-ring (bicyclic) bond motifs is 5. The number of aryl methyl sites for hydroxylation is 2. The van der Waals surface area contributed by atoms with Crippen LogP contribution < -0.4 is 4.57 Å². The van der Waals surface area contributed by atoms with E-state index in [0.29, 0.717) is 0 Å². The lowest BCUT2D eigenvalue weighted by Gasteiger charge is -2.09. The van der Waals surface area contributed by atoms with Gasteiger partial charge in [0.2, 0.25) is 5.69 Å². The molecule has 0 amide bonds. The smallest absolute Gasteiger partial charge is 0.216 e. The summed E-state index contributed by atoms with van der Waals surface area (Å²) in [6, 6.07) is 19.1. The quantitative estimate of drug-likeness (QED) is 0.297. The van der Waals surface area contributed by atoms with Crippen LogP contribution in [0.4, 0.5) is 0 Å². The van der Waals surface area contributed by atoms with Crippen molar-refractivity contribution in [3.63, 3.8) is 0 Å². The fourth-order valence-electron chi connectivity index (χ4n) is 4.57. The van der Waals surface area contributed by atoms with Crippen LogP contribution in [0, 0.1) is 6.92 Å². The summed E-state index contributed by atoms with van der Waals surface area (Å²) in [5.41, 5.74) is 7.63. The molecule has 0 unspecified atom stereocenters. The molecule has 0 bridgehead atoms. The first-order chi connectivity index (χ1) is 14.7. The van der Waals surface area contributed by atoms with Crippen LogP contribution in [-0.4, -0.2) is 0 Å². The Morgan fingerprint density at radius 2 is 1.63 bits per heavy atom. The first kappa shape index (κ1) is 18.4. The fraction of sp³-hybridized carbons (Fsp3) is 0.107. The summed E-state index contributed by atoms with van der Waals surface area (Å²) >= 11 is 0. The number of nitrogens with zero attached hydrogens (tertiary/aromatic N) is 1. The minimum Gasteiger partial charge on any atom is -0.454 e. The Kier molecular flexibility index (Phi) is 4.29. The standard InChI is InChI=1S/C28H24NO/c1-5-11-20-19(6-2)26-23-16-15-18(3)25(24-14-9-10-17-29(24)4)28(23)30-27(26)22-13-8-7-12-21(20)22/h5-17H,2H2,1,3-4H3/q+1/b11-5-. The van der Waals surface area contributed by atoms with Crippen LogP contribution in [0.5, 0.6) is 0 Å². The van der Waals surface area contributed by atoms with Crippen molar-refractivity contribution in [3.05, 3.63) is 90.1 Å². The van der Waals surface area contributed by atoms with E-state index in [1.165, 1.54) is 16.5 Å². The molecule has 0 saturated carbocycles. The van der Waals surface area contributed by atoms with E-state index < -0.39 is 0 Å². The van der Waals surface area contributed by atoms with Gasteiger partial charge in [0, 0.05) is 28.3 Å². The Hall–Kier alpha value is -3.65.